The SMILES string of the molecule is CCNC(=NCCCOCC(C)C)NCCS(=O)c1ccccc1. The maximum absolute atomic E-state index is 12.2. The zero-order chi connectivity index (χ0) is 17.6. The van der Waals surface area contributed by atoms with E-state index in [1.54, 1.807) is 0 Å². The molecule has 0 heterocycles. The van der Waals surface area contributed by atoms with Gasteiger partial charge in [0.25, 0.3) is 0 Å². The molecule has 0 radical (unpaired) electrons. The molecule has 0 aliphatic rings. The van der Waals surface area contributed by atoms with E-state index in [0.29, 0.717) is 18.2 Å². The second-order valence-corrected chi connectivity index (χ2v) is 7.44. The van der Waals surface area contributed by atoms with Crippen molar-refractivity contribution < 1.29 is 8.95 Å². The van der Waals surface area contributed by atoms with Gasteiger partial charge < -0.3 is 15.4 Å². The van der Waals surface area contributed by atoms with Gasteiger partial charge in [0.1, 0.15) is 0 Å². The van der Waals surface area contributed by atoms with E-state index in [2.05, 4.69) is 29.5 Å². The summed E-state index contributed by atoms with van der Waals surface area (Å²) in [5.41, 5.74) is 0. The fourth-order valence-electron chi connectivity index (χ4n) is 1.97. The van der Waals surface area contributed by atoms with E-state index < -0.39 is 10.8 Å². The lowest BCUT2D eigenvalue weighted by Crippen LogP contribution is -2.39. The van der Waals surface area contributed by atoms with Crippen LogP contribution in [0.2, 0.25) is 0 Å². The van der Waals surface area contributed by atoms with Crippen molar-refractivity contribution in [2.24, 2.45) is 10.9 Å². The molecular weight excluding hydrogens is 322 g/mol. The molecule has 1 aromatic rings. The maximum atomic E-state index is 12.2. The van der Waals surface area contributed by atoms with Gasteiger partial charge in [-0.15, -0.1) is 0 Å². The van der Waals surface area contributed by atoms with Crippen molar-refractivity contribution >= 4 is 16.8 Å². The van der Waals surface area contributed by atoms with Gasteiger partial charge >= 0.3 is 0 Å². The molecule has 1 unspecified atom stereocenters. The first-order valence-corrected chi connectivity index (χ1v) is 9.98. The molecule has 0 bridgehead atoms. The zero-order valence-electron chi connectivity index (χ0n) is 15.1. The van der Waals surface area contributed by atoms with Crippen LogP contribution >= 0.6 is 0 Å². The largest absolute Gasteiger partial charge is 0.381 e. The van der Waals surface area contributed by atoms with Crippen LogP contribution in [0.25, 0.3) is 0 Å². The summed E-state index contributed by atoms with van der Waals surface area (Å²) in [6, 6.07) is 9.54. The van der Waals surface area contributed by atoms with Crippen LogP contribution in [0.5, 0.6) is 0 Å². The molecule has 0 aliphatic heterocycles. The zero-order valence-corrected chi connectivity index (χ0v) is 15.9. The molecule has 136 valence electrons. The monoisotopic (exact) mass is 353 g/mol. The predicted octanol–water partition coefficient (Wildman–Crippen LogP) is 2.41. The fraction of sp³-hybridized carbons (Fsp3) is 0.611. The van der Waals surface area contributed by atoms with Crippen molar-refractivity contribution in [3.63, 3.8) is 0 Å². The molecule has 0 aromatic heterocycles. The van der Waals surface area contributed by atoms with Gasteiger partial charge in [0, 0.05) is 43.5 Å². The van der Waals surface area contributed by atoms with Crippen molar-refractivity contribution in [2.45, 2.75) is 32.1 Å². The molecule has 0 aliphatic carbocycles. The van der Waals surface area contributed by atoms with Crippen molar-refractivity contribution in [1.29, 1.82) is 0 Å². The van der Waals surface area contributed by atoms with E-state index in [1.165, 1.54) is 0 Å². The topological polar surface area (TPSA) is 62.7 Å². The Morgan fingerprint density at radius 3 is 2.67 bits per heavy atom. The first kappa shape index (κ1) is 20.6. The first-order valence-electron chi connectivity index (χ1n) is 8.66. The highest BCUT2D eigenvalue weighted by atomic mass is 32.2. The maximum Gasteiger partial charge on any atom is 0.191 e. The standard InChI is InChI=1S/C18H31N3O2S/c1-4-19-18(20-11-8-13-23-15-16(2)3)21-12-14-24(22)17-9-6-5-7-10-17/h5-7,9-10,16H,4,8,11-15H2,1-3H3,(H2,19,20,21). The van der Waals surface area contributed by atoms with Gasteiger partial charge in [-0.25, -0.2) is 0 Å². The smallest absolute Gasteiger partial charge is 0.191 e. The van der Waals surface area contributed by atoms with Crippen LogP contribution in [-0.2, 0) is 15.5 Å². The van der Waals surface area contributed by atoms with E-state index in [9.17, 15) is 4.21 Å². The molecule has 5 nitrogen and oxygen atoms in total. The minimum atomic E-state index is -0.984. The number of nitrogens with zero attached hydrogens (tertiary/aromatic N) is 1. The lowest BCUT2D eigenvalue weighted by Gasteiger charge is -2.11. The van der Waals surface area contributed by atoms with Crippen LogP contribution in [0.15, 0.2) is 40.2 Å². The number of ether oxygens (including phenoxy) is 1. The Labute approximate surface area is 148 Å². The molecular formula is C18H31N3O2S. The highest BCUT2D eigenvalue weighted by Gasteiger charge is 2.03. The molecule has 6 heteroatoms. The van der Waals surface area contributed by atoms with Gasteiger partial charge in [0.15, 0.2) is 5.96 Å². The lowest BCUT2D eigenvalue weighted by atomic mass is 10.2. The molecule has 0 spiro atoms. The number of nitrogens with one attached hydrogen (secondary N) is 2. The van der Waals surface area contributed by atoms with Gasteiger partial charge in [0.05, 0.1) is 10.8 Å². The van der Waals surface area contributed by atoms with E-state index in [-0.39, 0.29) is 0 Å². The second-order valence-electron chi connectivity index (χ2n) is 5.87. The molecule has 0 saturated carbocycles. The van der Waals surface area contributed by atoms with Gasteiger partial charge in [-0.2, -0.15) is 0 Å². The summed E-state index contributed by atoms with van der Waals surface area (Å²) in [6.07, 6.45) is 0.902. The number of guanidine groups is 1. The minimum Gasteiger partial charge on any atom is -0.381 e. The third-order valence-corrected chi connectivity index (χ3v) is 4.47. The summed E-state index contributed by atoms with van der Waals surface area (Å²) >= 11 is 0. The summed E-state index contributed by atoms with van der Waals surface area (Å²) in [5, 5.41) is 6.44. The fourth-order valence-corrected chi connectivity index (χ4v) is 2.95. The molecule has 0 saturated heterocycles. The molecule has 2 N–H and O–H groups in total. The van der Waals surface area contributed by atoms with E-state index in [0.717, 1.165) is 43.6 Å². The Morgan fingerprint density at radius 2 is 2.00 bits per heavy atom. The lowest BCUT2D eigenvalue weighted by molar-refractivity contribution is 0.109. The first-order chi connectivity index (χ1) is 11.6. The van der Waals surface area contributed by atoms with Crippen LogP contribution in [0.1, 0.15) is 27.2 Å². The number of rotatable bonds is 11. The number of benzene rings is 1. The second kappa shape index (κ2) is 13.0. The third-order valence-electron chi connectivity index (χ3n) is 3.10. The number of hydrogen-bond acceptors (Lipinski definition) is 3. The van der Waals surface area contributed by atoms with Crippen LogP contribution in [0.3, 0.4) is 0 Å². The molecule has 24 heavy (non-hydrogen) atoms. The Hall–Kier alpha value is -1.40. The minimum absolute atomic E-state index is 0.561. The predicted molar refractivity (Wildman–Crippen MR) is 102 cm³/mol. The Kier molecular flexibility index (Phi) is 11.1. The average molecular weight is 354 g/mol. The molecule has 1 aromatic carbocycles. The average Bonchev–Trinajstić information content (AvgIpc) is 2.58. The summed E-state index contributed by atoms with van der Waals surface area (Å²) in [5.74, 6) is 1.90. The summed E-state index contributed by atoms with van der Waals surface area (Å²) in [4.78, 5) is 5.38. The highest BCUT2D eigenvalue weighted by molar-refractivity contribution is 7.85. The van der Waals surface area contributed by atoms with Crippen LogP contribution in [-0.4, -0.2) is 48.8 Å². The Bertz CT molecular complexity index is 492. The van der Waals surface area contributed by atoms with Crippen molar-refractivity contribution in [2.75, 3.05) is 38.6 Å². The van der Waals surface area contributed by atoms with Gasteiger partial charge in [0.2, 0.25) is 0 Å². The van der Waals surface area contributed by atoms with Gasteiger partial charge in [-0.1, -0.05) is 32.0 Å². The summed E-state index contributed by atoms with van der Waals surface area (Å²) in [7, 11) is -0.984. The molecule has 1 rings (SSSR count). The van der Waals surface area contributed by atoms with Gasteiger partial charge in [-0.3, -0.25) is 9.20 Å². The number of aliphatic imine (C=N–C) groups is 1. The quantitative estimate of drug-likeness (QED) is 0.364. The van der Waals surface area contributed by atoms with E-state index >= 15 is 0 Å². The summed E-state index contributed by atoms with van der Waals surface area (Å²) < 4.78 is 17.7. The molecule has 0 amide bonds. The number of hydrogen-bond donors (Lipinski definition) is 2. The van der Waals surface area contributed by atoms with Crippen LogP contribution < -0.4 is 10.6 Å². The van der Waals surface area contributed by atoms with Crippen molar-refractivity contribution in [3.8, 4) is 0 Å². The van der Waals surface area contributed by atoms with Crippen LogP contribution in [0.4, 0.5) is 0 Å². The Morgan fingerprint density at radius 1 is 1.25 bits per heavy atom. The molecule has 0 fully saturated rings. The highest BCUT2D eigenvalue weighted by Crippen LogP contribution is 2.04. The van der Waals surface area contributed by atoms with E-state index in [4.69, 9.17) is 4.74 Å². The Balaban J connectivity index is 2.27. The normalized spacial score (nSPS) is 13.1. The summed E-state index contributed by atoms with van der Waals surface area (Å²) in [6.45, 7) is 10.00. The molecule has 1 atom stereocenters. The van der Waals surface area contributed by atoms with Gasteiger partial charge in [-0.05, 0) is 31.4 Å². The van der Waals surface area contributed by atoms with Crippen LogP contribution in [0, 0.1) is 5.92 Å². The van der Waals surface area contributed by atoms with Crippen molar-refractivity contribution in [3.05, 3.63) is 30.3 Å². The van der Waals surface area contributed by atoms with E-state index in [1.807, 2.05) is 37.3 Å². The third kappa shape index (κ3) is 9.67. The van der Waals surface area contributed by atoms with Crippen molar-refractivity contribution in [1.82, 2.24) is 10.6 Å².